The van der Waals surface area contributed by atoms with Crippen LogP contribution in [0.2, 0.25) is 0 Å². The summed E-state index contributed by atoms with van der Waals surface area (Å²) in [6, 6.07) is 0.514. The summed E-state index contributed by atoms with van der Waals surface area (Å²) < 4.78 is 2.17. The molecule has 0 amide bonds. The molecule has 4 heteroatoms. The van der Waals surface area contributed by atoms with E-state index in [1.165, 1.54) is 37.8 Å². The summed E-state index contributed by atoms with van der Waals surface area (Å²) in [5.41, 5.74) is 2.35. The van der Waals surface area contributed by atoms with Crippen molar-refractivity contribution in [3.63, 3.8) is 0 Å². The molecular weight excluding hydrogens is 222 g/mol. The summed E-state index contributed by atoms with van der Waals surface area (Å²) in [5.74, 6) is 2.00. The van der Waals surface area contributed by atoms with Crippen LogP contribution in [-0.4, -0.2) is 15.0 Å². The zero-order chi connectivity index (χ0) is 11.1. The maximum atomic E-state index is 5.95. The molecule has 1 heterocycles. The van der Waals surface area contributed by atoms with Gasteiger partial charge in [0.2, 0.25) is 0 Å². The quantitative estimate of drug-likeness (QED) is 0.756. The molecule has 1 atom stereocenters. The molecule has 2 aliphatic rings. The number of rotatable bonds is 4. The summed E-state index contributed by atoms with van der Waals surface area (Å²) in [7, 11) is 0. The topological polar surface area (TPSA) is 30.7 Å². The van der Waals surface area contributed by atoms with Crippen molar-refractivity contribution < 1.29 is 0 Å². The molecular formula is C12H18ClN3. The molecule has 3 rings (SSSR count). The van der Waals surface area contributed by atoms with Gasteiger partial charge in [-0.05, 0) is 38.5 Å². The molecule has 16 heavy (non-hydrogen) atoms. The first-order chi connectivity index (χ1) is 7.81. The van der Waals surface area contributed by atoms with E-state index < -0.39 is 0 Å². The van der Waals surface area contributed by atoms with Gasteiger partial charge in [-0.15, -0.1) is 16.7 Å². The third kappa shape index (κ3) is 1.65. The van der Waals surface area contributed by atoms with Gasteiger partial charge in [-0.2, -0.15) is 0 Å². The van der Waals surface area contributed by atoms with Crippen molar-refractivity contribution in [2.45, 2.75) is 56.9 Å². The van der Waals surface area contributed by atoms with Crippen molar-refractivity contribution in [1.82, 2.24) is 15.0 Å². The minimum atomic E-state index is 0.503. The standard InChI is InChI=1S/C12H18ClN3/c1-8(9-5-6-9)16-12(10-3-2-4-10)11(7-13)14-15-16/h8-10H,2-7H2,1H3. The van der Waals surface area contributed by atoms with Crippen LogP contribution in [-0.2, 0) is 5.88 Å². The molecule has 0 spiro atoms. The highest BCUT2D eigenvalue weighted by molar-refractivity contribution is 6.16. The maximum Gasteiger partial charge on any atom is 0.101 e. The molecule has 88 valence electrons. The number of hydrogen-bond donors (Lipinski definition) is 0. The van der Waals surface area contributed by atoms with Crippen LogP contribution in [0.4, 0.5) is 0 Å². The van der Waals surface area contributed by atoms with E-state index in [2.05, 4.69) is 21.9 Å². The molecule has 1 aromatic heterocycles. The summed E-state index contributed by atoms with van der Waals surface area (Å²) in [4.78, 5) is 0. The Morgan fingerprint density at radius 3 is 2.62 bits per heavy atom. The van der Waals surface area contributed by atoms with Gasteiger partial charge in [0.05, 0.1) is 17.6 Å². The van der Waals surface area contributed by atoms with Gasteiger partial charge >= 0.3 is 0 Å². The summed E-state index contributed by atoms with van der Waals surface area (Å²) in [6.07, 6.45) is 6.61. The van der Waals surface area contributed by atoms with E-state index in [0.717, 1.165) is 11.6 Å². The molecule has 3 nitrogen and oxygen atoms in total. The van der Waals surface area contributed by atoms with Crippen LogP contribution in [0.1, 0.15) is 62.4 Å². The highest BCUT2D eigenvalue weighted by Crippen LogP contribution is 2.43. The fourth-order valence-electron chi connectivity index (χ4n) is 2.61. The van der Waals surface area contributed by atoms with Crippen molar-refractivity contribution >= 4 is 11.6 Å². The first kappa shape index (κ1) is 10.6. The predicted molar refractivity (Wildman–Crippen MR) is 63.6 cm³/mol. The van der Waals surface area contributed by atoms with Gasteiger partial charge in [0, 0.05) is 5.92 Å². The highest BCUT2D eigenvalue weighted by atomic mass is 35.5. The third-order valence-electron chi connectivity index (χ3n) is 4.11. The summed E-state index contributed by atoms with van der Waals surface area (Å²) in [5, 5.41) is 8.58. The minimum Gasteiger partial charge on any atom is -0.246 e. The monoisotopic (exact) mass is 239 g/mol. The molecule has 1 unspecified atom stereocenters. The first-order valence-corrected chi connectivity index (χ1v) is 6.84. The maximum absolute atomic E-state index is 5.95. The molecule has 2 saturated carbocycles. The number of aromatic nitrogens is 3. The van der Waals surface area contributed by atoms with Crippen molar-refractivity contribution in [2.75, 3.05) is 0 Å². The van der Waals surface area contributed by atoms with Crippen molar-refractivity contribution in [2.24, 2.45) is 5.92 Å². The molecule has 2 fully saturated rings. The van der Waals surface area contributed by atoms with Crippen LogP contribution in [0.3, 0.4) is 0 Å². The van der Waals surface area contributed by atoms with Crippen LogP contribution in [0.15, 0.2) is 0 Å². The van der Waals surface area contributed by atoms with Gasteiger partial charge in [0.25, 0.3) is 0 Å². The second kappa shape index (κ2) is 4.02. The van der Waals surface area contributed by atoms with Crippen LogP contribution >= 0.6 is 11.6 Å². The van der Waals surface area contributed by atoms with Gasteiger partial charge in [-0.3, -0.25) is 0 Å². The van der Waals surface area contributed by atoms with Crippen molar-refractivity contribution in [3.8, 4) is 0 Å². The summed E-state index contributed by atoms with van der Waals surface area (Å²) >= 11 is 5.95. The van der Waals surface area contributed by atoms with Crippen LogP contribution in [0.5, 0.6) is 0 Å². The molecule has 0 aliphatic heterocycles. The highest BCUT2D eigenvalue weighted by Gasteiger charge is 2.34. The van der Waals surface area contributed by atoms with Crippen molar-refractivity contribution in [3.05, 3.63) is 11.4 Å². The first-order valence-electron chi connectivity index (χ1n) is 6.31. The average molecular weight is 240 g/mol. The smallest absolute Gasteiger partial charge is 0.101 e. The predicted octanol–water partition coefficient (Wildman–Crippen LogP) is 3.26. The molecule has 0 aromatic carbocycles. The van der Waals surface area contributed by atoms with Gasteiger partial charge in [-0.25, -0.2) is 4.68 Å². The second-order valence-electron chi connectivity index (χ2n) is 5.21. The second-order valence-corrected chi connectivity index (χ2v) is 5.47. The van der Waals surface area contributed by atoms with Crippen LogP contribution in [0.25, 0.3) is 0 Å². The zero-order valence-corrected chi connectivity index (χ0v) is 10.5. The van der Waals surface area contributed by atoms with E-state index in [-0.39, 0.29) is 0 Å². The lowest BCUT2D eigenvalue weighted by Gasteiger charge is -2.28. The number of alkyl halides is 1. The normalized spacial score (nSPS) is 23.1. The van der Waals surface area contributed by atoms with E-state index in [1.807, 2.05) is 0 Å². The van der Waals surface area contributed by atoms with Crippen LogP contribution in [0, 0.1) is 5.92 Å². The van der Waals surface area contributed by atoms with Crippen LogP contribution < -0.4 is 0 Å². The van der Waals surface area contributed by atoms with Gasteiger partial charge in [0.15, 0.2) is 0 Å². The Balaban J connectivity index is 1.92. The lowest BCUT2D eigenvalue weighted by Crippen LogP contribution is -2.19. The average Bonchev–Trinajstić information content (AvgIpc) is 2.97. The number of nitrogens with zero attached hydrogens (tertiary/aromatic N) is 3. The van der Waals surface area contributed by atoms with E-state index >= 15 is 0 Å². The third-order valence-corrected chi connectivity index (χ3v) is 4.37. The molecule has 0 saturated heterocycles. The zero-order valence-electron chi connectivity index (χ0n) is 9.69. The SMILES string of the molecule is CC(C1CC1)n1nnc(CCl)c1C1CCC1. The van der Waals surface area contributed by atoms with E-state index in [1.54, 1.807) is 0 Å². The Hall–Kier alpha value is -0.570. The summed E-state index contributed by atoms with van der Waals surface area (Å²) in [6.45, 7) is 2.27. The Labute approximate surface area is 101 Å². The van der Waals surface area contributed by atoms with E-state index in [4.69, 9.17) is 11.6 Å². The Kier molecular flexibility index (Phi) is 2.66. The molecule has 0 radical (unpaired) electrons. The molecule has 2 aliphatic carbocycles. The lowest BCUT2D eigenvalue weighted by atomic mass is 9.82. The fraction of sp³-hybridized carbons (Fsp3) is 0.833. The van der Waals surface area contributed by atoms with Gasteiger partial charge in [0.1, 0.15) is 5.69 Å². The molecule has 1 aromatic rings. The lowest BCUT2D eigenvalue weighted by molar-refractivity contribution is 0.350. The van der Waals surface area contributed by atoms with E-state index in [9.17, 15) is 0 Å². The van der Waals surface area contributed by atoms with E-state index in [0.29, 0.717) is 17.8 Å². The minimum absolute atomic E-state index is 0.503. The Bertz CT molecular complexity index is 380. The molecule has 0 N–H and O–H groups in total. The number of hydrogen-bond acceptors (Lipinski definition) is 2. The largest absolute Gasteiger partial charge is 0.246 e. The van der Waals surface area contributed by atoms with Gasteiger partial charge < -0.3 is 0 Å². The van der Waals surface area contributed by atoms with Crippen molar-refractivity contribution in [1.29, 1.82) is 0 Å². The fourth-order valence-corrected chi connectivity index (χ4v) is 2.80. The Morgan fingerprint density at radius 1 is 1.38 bits per heavy atom. The number of halogens is 1. The Morgan fingerprint density at radius 2 is 2.12 bits per heavy atom. The van der Waals surface area contributed by atoms with Gasteiger partial charge in [-0.1, -0.05) is 11.6 Å². The molecule has 0 bridgehead atoms.